The van der Waals surface area contributed by atoms with Crippen LogP contribution in [0.1, 0.15) is 29.4 Å². The average Bonchev–Trinajstić information content (AvgIpc) is 3.38. The lowest BCUT2D eigenvalue weighted by Crippen LogP contribution is -2.52. The van der Waals surface area contributed by atoms with Gasteiger partial charge in [0.15, 0.2) is 11.3 Å². The van der Waals surface area contributed by atoms with E-state index in [1.54, 1.807) is 10.7 Å². The smallest absolute Gasteiger partial charge is 0.285 e. The Morgan fingerprint density at radius 2 is 1.94 bits per heavy atom. The highest BCUT2D eigenvalue weighted by Gasteiger charge is 2.27. The number of benzene rings is 2. The van der Waals surface area contributed by atoms with E-state index in [0.29, 0.717) is 22.9 Å². The zero-order valence-electron chi connectivity index (χ0n) is 16.7. The second-order valence-electron chi connectivity index (χ2n) is 7.41. The van der Waals surface area contributed by atoms with Crippen molar-refractivity contribution in [2.75, 3.05) is 5.32 Å². The van der Waals surface area contributed by atoms with Crippen LogP contribution < -0.4 is 16.0 Å². The van der Waals surface area contributed by atoms with Crippen LogP contribution >= 0.6 is 11.3 Å². The molecule has 31 heavy (non-hydrogen) atoms. The Balaban J connectivity index is 1.50. The van der Waals surface area contributed by atoms with Crippen LogP contribution in [0, 0.1) is 0 Å². The average molecular weight is 433 g/mol. The fraction of sp³-hybridized carbons (Fsp3) is 0.182. The summed E-state index contributed by atoms with van der Waals surface area (Å²) in [7, 11) is 0. The van der Waals surface area contributed by atoms with Gasteiger partial charge in [0.1, 0.15) is 5.82 Å². The maximum Gasteiger partial charge on any atom is 0.285 e. The molecule has 0 radical (unpaired) electrons. The van der Waals surface area contributed by atoms with Crippen molar-refractivity contribution in [2.45, 2.75) is 25.7 Å². The lowest BCUT2D eigenvalue weighted by atomic mass is 10.1. The van der Waals surface area contributed by atoms with Crippen LogP contribution in [0.4, 0.5) is 5.82 Å². The number of amides is 2. The van der Waals surface area contributed by atoms with Gasteiger partial charge in [0.25, 0.3) is 5.91 Å². The molecule has 4 aromatic rings. The van der Waals surface area contributed by atoms with Crippen LogP contribution in [0.2, 0.25) is 0 Å². The standard InChI is InChI=1S/C22H20N6O2S/c1-13-11-19(29)26-22(23-13)28-18(12-16(27-28)14-7-3-2-4-8-14)25-20(30)21-24-15-9-5-6-10-17(15)31-21/h2-10,12-13,22-23H,11H2,1H3,(H,25,30)(H,26,29). The van der Waals surface area contributed by atoms with Gasteiger partial charge in [-0.25, -0.2) is 9.67 Å². The molecule has 3 N–H and O–H groups in total. The first kappa shape index (κ1) is 19.4. The van der Waals surface area contributed by atoms with Crippen molar-refractivity contribution >= 4 is 39.2 Å². The highest BCUT2D eigenvalue weighted by atomic mass is 32.1. The zero-order chi connectivity index (χ0) is 21.4. The molecule has 0 saturated carbocycles. The Bertz CT molecular complexity index is 1230. The molecule has 9 heteroatoms. The topological polar surface area (TPSA) is 101 Å². The molecule has 2 unspecified atom stereocenters. The molecule has 2 atom stereocenters. The second kappa shape index (κ2) is 7.93. The maximum atomic E-state index is 13.0. The summed E-state index contributed by atoms with van der Waals surface area (Å²) in [5.74, 6) is 0.0728. The maximum absolute atomic E-state index is 13.0. The third-order valence-corrected chi connectivity index (χ3v) is 6.05. The molecule has 1 aliphatic rings. The number of hydrogen-bond acceptors (Lipinski definition) is 6. The summed E-state index contributed by atoms with van der Waals surface area (Å²) in [4.78, 5) is 29.5. The SMILES string of the molecule is CC1CC(=O)NC(n2nc(-c3ccccc3)cc2NC(=O)c2nc3ccccc3s2)N1. The number of thiazole rings is 1. The largest absolute Gasteiger partial charge is 0.322 e. The molecule has 0 aliphatic carbocycles. The van der Waals surface area contributed by atoms with Gasteiger partial charge in [-0.2, -0.15) is 5.10 Å². The number of carbonyl (C=O) groups excluding carboxylic acids is 2. The van der Waals surface area contributed by atoms with E-state index in [4.69, 9.17) is 0 Å². The predicted octanol–water partition coefficient (Wildman–Crippen LogP) is 3.37. The summed E-state index contributed by atoms with van der Waals surface area (Å²) in [6.45, 7) is 1.94. The van der Waals surface area contributed by atoms with Crippen LogP contribution in [0.3, 0.4) is 0 Å². The molecule has 2 aromatic carbocycles. The molecule has 0 bridgehead atoms. The van der Waals surface area contributed by atoms with E-state index in [-0.39, 0.29) is 17.9 Å². The second-order valence-corrected chi connectivity index (χ2v) is 8.44. The predicted molar refractivity (Wildman–Crippen MR) is 120 cm³/mol. The van der Waals surface area contributed by atoms with Crippen molar-refractivity contribution in [3.05, 3.63) is 65.7 Å². The van der Waals surface area contributed by atoms with Crippen molar-refractivity contribution in [1.29, 1.82) is 0 Å². The first-order valence-electron chi connectivity index (χ1n) is 9.94. The number of anilines is 1. The normalized spacial score (nSPS) is 18.7. The molecule has 1 fully saturated rings. The van der Waals surface area contributed by atoms with Crippen LogP contribution in [0.5, 0.6) is 0 Å². The highest BCUT2D eigenvalue weighted by molar-refractivity contribution is 7.20. The molecule has 5 rings (SSSR count). The van der Waals surface area contributed by atoms with Crippen LogP contribution in [-0.4, -0.2) is 32.6 Å². The number of nitrogens with one attached hydrogen (secondary N) is 3. The number of fused-ring (bicyclic) bond motifs is 1. The Hall–Kier alpha value is -3.56. The van der Waals surface area contributed by atoms with Gasteiger partial charge in [0.05, 0.1) is 15.9 Å². The Labute approximate surface area is 182 Å². The fourth-order valence-corrected chi connectivity index (χ4v) is 4.43. The van der Waals surface area contributed by atoms with Crippen molar-refractivity contribution < 1.29 is 9.59 Å². The molecular weight excluding hydrogens is 412 g/mol. The minimum atomic E-state index is -0.570. The Kier molecular flexibility index (Phi) is 4.97. The summed E-state index contributed by atoms with van der Waals surface area (Å²) in [5, 5.41) is 14.2. The number of aromatic nitrogens is 3. The van der Waals surface area contributed by atoms with E-state index < -0.39 is 6.29 Å². The molecule has 3 heterocycles. The van der Waals surface area contributed by atoms with Gasteiger partial charge in [-0.05, 0) is 19.1 Å². The number of hydrogen-bond donors (Lipinski definition) is 3. The number of rotatable bonds is 4. The zero-order valence-corrected chi connectivity index (χ0v) is 17.5. The van der Waals surface area contributed by atoms with E-state index >= 15 is 0 Å². The molecule has 1 aliphatic heterocycles. The number of nitrogens with zero attached hydrogens (tertiary/aromatic N) is 3. The van der Waals surface area contributed by atoms with Crippen LogP contribution in [-0.2, 0) is 4.79 Å². The van der Waals surface area contributed by atoms with Crippen molar-refractivity contribution in [3.63, 3.8) is 0 Å². The number of carbonyl (C=O) groups is 2. The Morgan fingerprint density at radius 1 is 1.16 bits per heavy atom. The van der Waals surface area contributed by atoms with Gasteiger partial charge in [-0.15, -0.1) is 11.3 Å². The van der Waals surface area contributed by atoms with E-state index in [1.165, 1.54) is 11.3 Å². The van der Waals surface area contributed by atoms with Crippen molar-refractivity contribution in [1.82, 2.24) is 25.4 Å². The summed E-state index contributed by atoms with van der Waals surface area (Å²) in [6, 6.07) is 19.1. The van der Waals surface area contributed by atoms with Gasteiger partial charge in [-0.1, -0.05) is 42.5 Å². The van der Waals surface area contributed by atoms with E-state index in [2.05, 4.69) is 26.0 Å². The summed E-state index contributed by atoms with van der Waals surface area (Å²) in [5.41, 5.74) is 2.38. The van der Waals surface area contributed by atoms with Gasteiger partial charge >= 0.3 is 0 Å². The van der Waals surface area contributed by atoms with Gasteiger partial charge in [-0.3, -0.25) is 14.9 Å². The molecule has 2 aromatic heterocycles. The lowest BCUT2D eigenvalue weighted by Gasteiger charge is -2.30. The van der Waals surface area contributed by atoms with E-state index in [0.717, 1.165) is 15.8 Å². The minimum Gasteiger partial charge on any atom is -0.322 e. The van der Waals surface area contributed by atoms with Gasteiger partial charge in [0, 0.05) is 24.1 Å². The third-order valence-electron chi connectivity index (χ3n) is 5.01. The molecule has 1 saturated heterocycles. The molecule has 8 nitrogen and oxygen atoms in total. The van der Waals surface area contributed by atoms with Crippen molar-refractivity contribution in [2.24, 2.45) is 0 Å². The monoisotopic (exact) mass is 432 g/mol. The number of para-hydroxylation sites is 1. The van der Waals surface area contributed by atoms with Crippen molar-refractivity contribution in [3.8, 4) is 11.3 Å². The summed E-state index contributed by atoms with van der Waals surface area (Å²) < 4.78 is 2.54. The van der Waals surface area contributed by atoms with Crippen LogP contribution in [0.15, 0.2) is 60.7 Å². The molecule has 156 valence electrons. The Morgan fingerprint density at radius 3 is 2.71 bits per heavy atom. The fourth-order valence-electron chi connectivity index (χ4n) is 3.57. The first-order chi connectivity index (χ1) is 15.1. The molecule has 0 spiro atoms. The summed E-state index contributed by atoms with van der Waals surface area (Å²) >= 11 is 1.33. The first-order valence-corrected chi connectivity index (χ1v) is 10.8. The minimum absolute atomic E-state index is 0.0176. The van der Waals surface area contributed by atoms with E-state index in [1.807, 2.05) is 61.5 Å². The van der Waals surface area contributed by atoms with Gasteiger partial charge in [0.2, 0.25) is 5.91 Å². The molecular formula is C22H20N6O2S. The quantitative estimate of drug-likeness (QED) is 0.459. The molecule has 2 amide bonds. The van der Waals surface area contributed by atoms with Crippen LogP contribution in [0.25, 0.3) is 21.5 Å². The third kappa shape index (κ3) is 3.92. The van der Waals surface area contributed by atoms with E-state index in [9.17, 15) is 9.59 Å². The lowest BCUT2D eigenvalue weighted by molar-refractivity contribution is -0.125. The summed E-state index contributed by atoms with van der Waals surface area (Å²) in [6.07, 6.45) is -0.184. The highest BCUT2D eigenvalue weighted by Crippen LogP contribution is 2.26. The van der Waals surface area contributed by atoms with Gasteiger partial charge < -0.3 is 10.6 Å².